The molecule has 1 saturated heterocycles. The van der Waals surface area contributed by atoms with Gasteiger partial charge in [-0.25, -0.2) is 4.39 Å². The molecule has 0 spiro atoms. The van der Waals surface area contributed by atoms with Crippen LogP contribution >= 0.6 is 0 Å². The molecule has 0 aliphatic carbocycles. The van der Waals surface area contributed by atoms with Crippen molar-refractivity contribution in [2.75, 3.05) is 6.61 Å². The highest BCUT2D eigenvalue weighted by Crippen LogP contribution is 2.25. The smallest absolute Gasteiger partial charge is 0.267 e. The lowest BCUT2D eigenvalue weighted by molar-refractivity contribution is -0.146. The van der Waals surface area contributed by atoms with Crippen molar-refractivity contribution in [3.63, 3.8) is 0 Å². The molecule has 0 saturated carbocycles. The first kappa shape index (κ1) is 15.5. The van der Waals surface area contributed by atoms with Gasteiger partial charge in [0.05, 0.1) is 0 Å². The summed E-state index contributed by atoms with van der Waals surface area (Å²) in [5.41, 5.74) is 0.456. The van der Waals surface area contributed by atoms with Crippen LogP contribution in [0.25, 0.3) is 0 Å². The first-order chi connectivity index (χ1) is 9.90. The molecule has 1 heterocycles. The summed E-state index contributed by atoms with van der Waals surface area (Å²) < 4.78 is 18.5. The van der Waals surface area contributed by atoms with Gasteiger partial charge in [-0.2, -0.15) is 0 Å². The van der Waals surface area contributed by atoms with Crippen molar-refractivity contribution in [2.45, 2.75) is 39.7 Å². The summed E-state index contributed by atoms with van der Waals surface area (Å²) in [4.78, 5) is 25.4. The predicted octanol–water partition coefficient (Wildman–Crippen LogP) is 2.69. The summed E-state index contributed by atoms with van der Waals surface area (Å²) in [7, 11) is 0. The Morgan fingerprint density at radius 2 is 2.19 bits per heavy atom. The summed E-state index contributed by atoms with van der Waals surface area (Å²) in [6.45, 7) is 5.41. The largest absolute Gasteiger partial charge is 0.484 e. The van der Waals surface area contributed by atoms with Gasteiger partial charge >= 0.3 is 0 Å². The van der Waals surface area contributed by atoms with Crippen LogP contribution < -0.4 is 4.74 Å². The van der Waals surface area contributed by atoms with Crippen molar-refractivity contribution < 1.29 is 18.7 Å². The molecular weight excluding hydrogens is 273 g/mol. The number of amides is 2. The molecule has 1 aliphatic rings. The van der Waals surface area contributed by atoms with Gasteiger partial charge in [0, 0.05) is 12.5 Å². The summed E-state index contributed by atoms with van der Waals surface area (Å²) in [5, 5.41) is 0. The van der Waals surface area contributed by atoms with Gasteiger partial charge in [-0.3, -0.25) is 14.5 Å². The van der Waals surface area contributed by atoms with Crippen LogP contribution in [0.1, 0.15) is 32.3 Å². The molecule has 1 aromatic rings. The van der Waals surface area contributed by atoms with E-state index in [9.17, 15) is 14.0 Å². The lowest BCUT2D eigenvalue weighted by Crippen LogP contribution is -2.43. The van der Waals surface area contributed by atoms with Crippen molar-refractivity contribution in [3.05, 3.63) is 29.6 Å². The Morgan fingerprint density at radius 1 is 1.48 bits per heavy atom. The van der Waals surface area contributed by atoms with Gasteiger partial charge in [-0.05, 0) is 43.0 Å². The number of aryl methyl sites for hydroxylation is 1. The number of hydrogen-bond donors (Lipinski definition) is 0. The van der Waals surface area contributed by atoms with Crippen molar-refractivity contribution in [2.24, 2.45) is 5.92 Å². The van der Waals surface area contributed by atoms with Crippen LogP contribution in [-0.4, -0.2) is 29.4 Å². The Labute approximate surface area is 123 Å². The quantitative estimate of drug-likeness (QED) is 0.857. The average molecular weight is 293 g/mol. The molecule has 4 nitrogen and oxygen atoms in total. The molecule has 21 heavy (non-hydrogen) atoms. The maximum atomic E-state index is 13.2. The third kappa shape index (κ3) is 3.40. The maximum absolute atomic E-state index is 13.2. The van der Waals surface area contributed by atoms with Gasteiger partial charge in [0.2, 0.25) is 5.91 Å². The Morgan fingerprint density at radius 3 is 2.81 bits per heavy atom. The number of imide groups is 1. The number of benzene rings is 1. The predicted molar refractivity (Wildman–Crippen MR) is 76.3 cm³/mol. The molecule has 0 bridgehead atoms. The minimum atomic E-state index is -0.335. The van der Waals surface area contributed by atoms with Crippen LogP contribution in [-0.2, 0) is 9.59 Å². The molecule has 0 radical (unpaired) electrons. The number of halogens is 1. The molecule has 1 aromatic carbocycles. The molecule has 2 amide bonds. The second-order valence-electron chi connectivity index (χ2n) is 5.71. The summed E-state index contributed by atoms with van der Waals surface area (Å²) in [5.74, 6) is -0.137. The van der Waals surface area contributed by atoms with E-state index in [1.165, 1.54) is 23.1 Å². The zero-order valence-corrected chi connectivity index (χ0v) is 12.6. The van der Waals surface area contributed by atoms with Crippen molar-refractivity contribution in [3.8, 4) is 5.75 Å². The van der Waals surface area contributed by atoms with Crippen LogP contribution in [0.3, 0.4) is 0 Å². The highest BCUT2D eigenvalue weighted by Gasteiger charge is 2.37. The molecule has 1 aliphatic heterocycles. The molecule has 1 fully saturated rings. The fourth-order valence-electron chi connectivity index (χ4n) is 2.58. The lowest BCUT2D eigenvalue weighted by atomic mass is 10.0. The van der Waals surface area contributed by atoms with Gasteiger partial charge in [0.15, 0.2) is 6.61 Å². The SMILES string of the molecule is Cc1cc(OCC(=O)N2C(=O)CC[C@@H]2C(C)C)ccc1F. The molecule has 0 unspecified atom stereocenters. The van der Waals surface area contributed by atoms with Crippen molar-refractivity contribution in [1.29, 1.82) is 0 Å². The van der Waals surface area contributed by atoms with Gasteiger partial charge < -0.3 is 4.74 Å². The zero-order chi connectivity index (χ0) is 15.6. The Bertz CT molecular complexity index is 556. The number of ether oxygens (including phenoxy) is 1. The second-order valence-corrected chi connectivity index (χ2v) is 5.71. The van der Waals surface area contributed by atoms with Crippen LogP contribution in [0.4, 0.5) is 4.39 Å². The minimum absolute atomic E-state index is 0.0523. The maximum Gasteiger partial charge on any atom is 0.267 e. The van der Waals surface area contributed by atoms with Crippen molar-refractivity contribution in [1.82, 2.24) is 4.90 Å². The highest BCUT2D eigenvalue weighted by atomic mass is 19.1. The normalized spacial score (nSPS) is 18.4. The van der Waals surface area contributed by atoms with Crippen LogP contribution in [0.5, 0.6) is 5.75 Å². The van der Waals surface area contributed by atoms with Crippen molar-refractivity contribution >= 4 is 11.8 Å². The Kier molecular flexibility index (Phi) is 4.60. The van der Waals surface area contributed by atoms with Crippen LogP contribution in [0.2, 0.25) is 0 Å². The molecule has 2 rings (SSSR count). The minimum Gasteiger partial charge on any atom is -0.484 e. The molecule has 0 N–H and O–H groups in total. The molecular formula is C16H20FNO3. The number of rotatable bonds is 4. The fraction of sp³-hybridized carbons (Fsp3) is 0.500. The van der Waals surface area contributed by atoms with E-state index >= 15 is 0 Å². The fourth-order valence-corrected chi connectivity index (χ4v) is 2.58. The first-order valence-electron chi connectivity index (χ1n) is 7.14. The highest BCUT2D eigenvalue weighted by molar-refractivity contribution is 5.97. The number of nitrogens with zero attached hydrogens (tertiary/aromatic N) is 1. The van der Waals surface area contributed by atoms with E-state index in [0.717, 1.165) is 0 Å². The standard InChI is InChI=1S/C16H20FNO3/c1-10(2)14-6-7-15(19)18(14)16(20)9-21-12-4-5-13(17)11(3)8-12/h4-5,8,10,14H,6-7,9H2,1-3H3/t14-/m1/s1. The van der Waals surface area contributed by atoms with E-state index in [-0.39, 0.29) is 36.2 Å². The van der Waals surface area contributed by atoms with E-state index in [2.05, 4.69) is 0 Å². The van der Waals surface area contributed by atoms with Gasteiger partial charge in [-0.1, -0.05) is 13.8 Å². The number of likely N-dealkylation sites (tertiary alicyclic amines) is 1. The second kappa shape index (κ2) is 6.24. The Hall–Kier alpha value is -1.91. The van der Waals surface area contributed by atoms with E-state index in [0.29, 0.717) is 24.2 Å². The molecule has 0 aromatic heterocycles. The van der Waals surface area contributed by atoms with Gasteiger partial charge in [0.25, 0.3) is 5.91 Å². The topological polar surface area (TPSA) is 46.6 Å². The monoisotopic (exact) mass is 293 g/mol. The van der Waals surface area contributed by atoms with Gasteiger partial charge in [-0.15, -0.1) is 0 Å². The van der Waals surface area contributed by atoms with E-state index in [1.807, 2.05) is 13.8 Å². The summed E-state index contributed by atoms with van der Waals surface area (Å²) in [6, 6.07) is 4.26. The molecule has 114 valence electrons. The lowest BCUT2D eigenvalue weighted by Gasteiger charge is -2.25. The van der Waals surface area contributed by atoms with Crippen LogP contribution in [0.15, 0.2) is 18.2 Å². The van der Waals surface area contributed by atoms with E-state index in [4.69, 9.17) is 4.74 Å². The zero-order valence-electron chi connectivity index (χ0n) is 12.6. The third-order valence-electron chi connectivity index (χ3n) is 3.78. The first-order valence-corrected chi connectivity index (χ1v) is 7.14. The van der Waals surface area contributed by atoms with Crippen LogP contribution in [0, 0.1) is 18.7 Å². The van der Waals surface area contributed by atoms with E-state index in [1.54, 1.807) is 6.92 Å². The van der Waals surface area contributed by atoms with Gasteiger partial charge in [0.1, 0.15) is 11.6 Å². The Balaban J connectivity index is 2.00. The molecule has 1 atom stereocenters. The third-order valence-corrected chi connectivity index (χ3v) is 3.78. The molecule has 5 heteroatoms. The summed E-state index contributed by atoms with van der Waals surface area (Å²) in [6.07, 6.45) is 1.11. The number of carbonyl (C=O) groups excluding carboxylic acids is 2. The summed E-state index contributed by atoms with van der Waals surface area (Å²) >= 11 is 0. The number of hydrogen-bond acceptors (Lipinski definition) is 3. The van der Waals surface area contributed by atoms with E-state index < -0.39 is 0 Å². The number of carbonyl (C=O) groups is 2. The average Bonchev–Trinajstić information content (AvgIpc) is 2.82.